The number of H-pyrrole nitrogens is 1. The van der Waals surface area contributed by atoms with Gasteiger partial charge in [-0.25, -0.2) is 4.98 Å². The van der Waals surface area contributed by atoms with Crippen LogP contribution in [0.5, 0.6) is 0 Å². The highest BCUT2D eigenvalue weighted by molar-refractivity contribution is 7.18. The minimum atomic E-state index is -0.0531. The number of carbonyl (C=O) groups excluding carboxylic acids is 1. The first-order valence-electron chi connectivity index (χ1n) is 10.1. The lowest BCUT2D eigenvalue weighted by molar-refractivity contribution is -0.121. The molecule has 0 radical (unpaired) electrons. The summed E-state index contributed by atoms with van der Waals surface area (Å²) in [5.41, 5.74) is 1.14. The Kier molecular flexibility index (Phi) is 5.88. The summed E-state index contributed by atoms with van der Waals surface area (Å²) in [5, 5.41) is 3.68. The maximum Gasteiger partial charge on any atom is 0.259 e. The fraction of sp³-hybridized carbons (Fsp3) is 0.650. The molecule has 7 heteroatoms. The molecule has 1 saturated carbocycles. The fourth-order valence-corrected chi connectivity index (χ4v) is 4.86. The van der Waals surface area contributed by atoms with E-state index < -0.39 is 0 Å². The molecule has 6 nitrogen and oxygen atoms in total. The number of ether oxygens (including phenoxy) is 1. The lowest BCUT2D eigenvalue weighted by atomic mass is 9.97. The Balaban J connectivity index is 1.25. The maximum atomic E-state index is 12.5. The van der Waals surface area contributed by atoms with Crippen molar-refractivity contribution in [2.45, 2.75) is 57.8 Å². The summed E-state index contributed by atoms with van der Waals surface area (Å²) < 4.78 is 5.56. The molecule has 0 saturated heterocycles. The molecule has 4 rings (SSSR count). The van der Waals surface area contributed by atoms with Crippen molar-refractivity contribution in [1.82, 2.24) is 15.3 Å². The average molecular weight is 390 g/mol. The zero-order valence-electron chi connectivity index (χ0n) is 15.6. The van der Waals surface area contributed by atoms with Crippen LogP contribution in [0.4, 0.5) is 0 Å². The van der Waals surface area contributed by atoms with Crippen molar-refractivity contribution >= 4 is 27.5 Å². The molecule has 2 heterocycles. The van der Waals surface area contributed by atoms with Crippen LogP contribution in [0.2, 0.25) is 0 Å². The second-order valence-corrected chi connectivity index (χ2v) is 8.71. The maximum absolute atomic E-state index is 12.5. The number of nitrogens with one attached hydrogen (secondary N) is 2. The van der Waals surface area contributed by atoms with Crippen LogP contribution < -0.4 is 10.9 Å². The van der Waals surface area contributed by atoms with Crippen LogP contribution in [0.15, 0.2) is 4.79 Å². The number of amides is 1. The normalized spacial score (nSPS) is 16.4. The minimum absolute atomic E-state index is 0.00888. The van der Waals surface area contributed by atoms with Crippen molar-refractivity contribution < 1.29 is 9.53 Å². The highest BCUT2D eigenvalue weighted by Crippen LogP contribution is 2.33. The zero-order chi connectivity index (χ0) is 18.6. The second-order valence-electron chi connectivity index (χ2n) is 7.63. The highest BCUT2D eigenvalue weighted by atomic mass is 32.1. The molecule has 0 aliphatic heterocycles. The molecule has 2 aromatic rings. The predicted octanol–water partition coefficient (Wildman–Crippen LogP) is 2.73. The van der Waals surface area contributed by atoms with E-state index in [0.717, 1.165) is 48.4 Å². The topological polar surface area (TPSA) is 84.1 Å². The van der Waals surface area contributed by atoms with Crippen molar-refractivity contribution in [3.8, 4) is 0 Å². The van der Waals surface area contributed by atoms with E-state index in [1.54, 1.807) is 11.3 Å². The largest absolute Gasteiger partial charge is 0.381 e. The van der Waals surface area contributed by atoms with Crippen LogP contribution in [0.1, 0.15) is 54.8 Å². The molecule has 2 aliphatic carbocycles. The summed E-state index contributed by atoms with van der Waals surface area (Å²) in [6.45, 7) is 2.19. The Morgan fingerprint density at radius 2 is 2.15 bits per heavy atom. The van der Waals surface area contributed by atoms with Crippen LogP contribution in [-0.2, 0) is 28.8 Å². The molecule has 2 aliphatic rings. The molecular formula is C20H27N3O3S. The van der Waals surface area contributed by atoms with Gasteiger partial charge in [0.2, 0.25) is 5.91 Å². The van der Waals surface area contributed by atoms with Gasteiger partial charge in [-0.1, -0.05) is 0 Å². The summed E-state index contributed by atoms with van der Waals surface area (Å²) in [6.07, 6.45) is 8.59. The fourth-order valence-electron chi connectivity index (χ4n) is 3.58. The van der Waals surface area contributed by atoms with E-state index in [-0.39, 0.29) is 11.5 Å². The van der Waals surface area contributed by atoms with Crippen LogP contribution in [0.25, 0.3) is 10.2 Å². The first kappa shape index (κ1) is 18.6. The Morgan fingerprint density at radius 3 is 3.00 bits per heavy atom. The number of thiophene rings is 1. The van der Waals surface area contributed by atoms with Crippen LogP contribution in [0.3, 0.4) is 0 Å². The second kappa shape index (κ2) is 8.52. The van der Waals surface area contributed by atoms with E-state index >= 15 is 0 Å². The summed E-state index contributed by atoms with van der Waals surface area (Å²) in [7, 11) is 0. The molecule has 0 aromatic carbocycles. The van der Waals surface area contributed by atoms with Crippen LogP contribution in [-0.4, -0.2) is 35.6 Å². The summed E-state index contributed by atoms with van der Waals surface area (Å²) in [5.74, 6) is 1.37. The van der Waals surface area contributed by atoms with Crippen molar-refractivity contribution in [2.24, 2.45) is 5.92 Å². The Bertz CT molecular complexity index is 869. The molecule has 146 valence electrons. The SMILES string of the molecule is O=C(CCc1nc2sc3c(c2c(=O)[nH]1)CCCC3)NCCCOCC1CC1. The quantitative estimate of drug-likeness (QED) is 0.646. The van der Waals surface area contributed by atoms with Gasteiger partial charge in [0.1, 0.15) is 10.7 Å². The van der Waals surface area contributed by atoms with Gasteiger partial charge in [-0.05, 0) is 56.4 Å². The number of aromatic nitrogens is 2. The number of rotatable bonds is 9. The molecule has 0 atom stereocenters. The molecule has 0 spiro atoms. The standard InChI is InChI=1S/C20H27N3O3S/c24-17(21-10-3-11-26-12-13-6-7-13)9-8-16-22-19(25)18-14-4-1-2-5-15(14)27-20(18)23-16/h13H,1-12H2,(H,21,24)(H,22,23,25). The molecule has 2 N–H and O–H groups in total. The molecule has 27 heavy (non-hydrogen) atoms. The first-order valence-corrected chi connectivity index (χ1v) is 10.9. The van der Waals surface area contributed by atoms with E-state index in [2.05, 4.69) is 15.3 Å². The number of hydrogen-bond donors (Lipinski definition) is 2. The first-order chi connectivity index (χ1) is 13.2. The monoisotopic (exact) mass is 389 g/mol. The van der Waals surface area contributed by atoms with Gasteiger partial charge in [0.05, 0.1) is 5.39 Å². The van der Waals surface area contributed by atoms with Crippen molar-refractivity contribution in [3.05, 3.63) is 26.6 Å². The van der Waals surface area contributed by atoms with Gasteiger partial charge in [0.15, 0.2) is 0 Å². The molecular weight excluding hydrogens is 362 g/mol. The molecule has 2 aromatic heterocycles. The molecule has 0 unspecified atom stereocenters. The van der Waals surface area contributed by atoms with E-state index in [1.165, 1.54) is 29.7 Å². The number of fused-ring (bicyclic) bond motifs is 3. The lowest BCUT2D eigenvalue weighted by Crippen LogP contribution is -2.26. The number of carbonyl (C=O) groups is 1. The van der Waals surface area contributed by atoms with Crippen molar-refractivity contribution in [1.29, 1.82) is 0 Å². The smallest absolute Gasteiger partial charge is 0.259 e. The van der Waals surface area contributed by atoms with Gasteiger partial charge in [-0.15, -0.1) is 11.3 Å². The number of nitrogens with zero attached hydrogens (tertiary/aromatic N) is 1. The van der Waals surface area contributed by atoms with E-state index in [0.29, 0.717) is 31.8 Å². The number of aryl methyl sites for hydroxylation is 3. The lowest BCUT2D eigenvalue weighted by Gasteiger charge is -2.09. The van der Waals surface area contributed by atoms with Crippen molar-refractivity contribution in [2.75, 3.05) is 19.8 Å². The van der Waals surface area contributed by atoms with E-state index in [1.807, 2.05) is 0 Å². The minimum Gasteiger partial charge on any atom is -0.381 e. The van der Waals surface area contributed by atoms with Gasteiger partial charge in [-0.3, -0.25) is 9.59 Å². The summed E-state index contributed by atoms with van der Waals surface area (Å²) in [6, 6.07) is 0. The van der Waals surface area contributed by atoms with E-state index in [4.69, 9.17) is 4.74 Å². The van der Waals surface area contributed by atoms with Crippen molar-refractivity contribution in [3.63, 3.8) is 0 Å². The predicted molar refractivity (Wildman–Crippen MR) is 106 cm³/mol. The Labute approximate surface area is 162 Å². The third kappa shape index (κ3) is 4.76. The number of hydrogen-bond acceptors (Lipinski definition) is 5. The molecule has 1 amide bonds. The molecule has 0 bridgehead atoms. The Hall–Kier alpha value is -1.73. The van der Waals surface area contributed by atoms with Gasteiger partial charge in [-0.2, -0.15) is 0 Å². The summed E-state index contributed by atoms with van der Waals surface area (Å²) >= 11 is 1.64. The average Bonchev–Trinajstić information content (AvgIpc) is 3.41. The van der Waals surface area contributed by atoms with Crippen LogP contribution in [0, 0.1) is 5.92 Å². The molecule has 1 fully saturated rings. The van der Waals surface area contributed by atoms with Gasteiger partial charge in [0.25, 0.3) is 5.56 Å². The van der Waals surface area contributed by atoms with E-state index in [9.17, 15) is 9.59 Å². The Morgan fingerprint density at radius 1 is 1.30 bits per heavy atom. The number of aromatic amines is 1. The van der Waals surface area contributed by atoms with Gasteiger partial charge in [0, 0.05) is 37.5 Å². The van der Waals surface area contributed by atoms with Crippen LogP contribution >= 0.6 is 11.3 Å². The zero-order valence-corrected chi connectivity index (χ0v) is 16.5. The van der Waals surface area contributed by atoms with Gasteiger partial charge >= 0.3 is 0 Å². The summed E-state index contributed by atoms with van der Waals surface area (Å²) in [4.78, 5) is 34.1. The highest BCUT2D eigenvalue weighted by Gasteiger charge is 2.21. The third-order valence-electron chi connectivity index (χ3n) is 5.30. The van der Waals surface area contributed by atoms with Gasteiger partial charge < -0.3 is 15.0 Å². The third-order valence-corrected chi connectivity index (χ3v) is 6.49.